The van der Waals surface area contributed by atoms with Crippen LogP contribution in [0.4, 0.5) is 4.79 Å². The summed E-state index contributed by atoms with van der Waals surface area (Å²) in [5, 5.41) is 5.02. The molecule has 0 radical (unpaired) electrons. The number of nitrogens with one attached hydrogen (secondary N) is 2. The maximum absolute atomic E-state index is 12.8. The minimum absolute atomic E-state index is 0.111. The third-order valence-corrected chi connectivity index (χ3v) is 4.11. The minimum Gasteiger partial charge on any atom is -0.484 e. The smallest absolute Gasteiger partial charge is 0.321 e. The van der Waals surface area contributed by atoms with E-state index in [1.807, 2.05) is 13.0 Å². The topological polar surface area (TPSA) is 107 Å². The van der Waals surface area contributed by atoms with E-state index in [2.05, 4.69) is 10.6 Å². The number of carbonyl (C=O) groups is 2. The highest BCUT2D eigenvalue weighted by Gasteiger charge is 2.15. The van der Waals surface area contributed by atoms with Gasteiger partial charge in [0.1, 0.15) is 22.8 Å². The van der Waals surface area contributed by atoms with Gasteiger partial charge in [-0.3, -0.25) is 14.9 Å². The van der Waals surface area contributed by atoms with Gasteiger partial charge in [-0.25, -0.2) is 4.79 Å². The predicted molar refractivity (Wildman–Crippen MR) is 111 cm³/mol. The largest absolute Gasteiger partial charge is 0.484 e. The number of rotatable bonds is 7. The van der Waals surface area contributed by atoms with Gasteiger partial charge in [0.15, 0.2) is 6.61 Å². The Balaban J connectivity index is 1.72. The Morgan fingerprint density at radius 1 is 1.07 bits per heavy atom. The Hall–Kier alpha value is -3.81. The average molecular weight is 410 g/mol. The van der Waals surface area contributed by atoms with Gasteiger partial charge in [-0.05, 0) is 37.6 Å². The molecule has 0 fully saturated rings. The van der Waals surface area contributed by atoms with Crippen LogP contribution in [0.5, 0.6) is 17.2 Å². The first-order valence-electron chi connectivity index (χ1n) is 9.48. The number of para-hydroxylation sites is 1. The normalized spacial score (nSPS) is 10.5. The van der Waals surface area contributed by atoms with E-state index in [1.165, 1.54) is 6.07 Å². The molecule has 2 aromatic carbocycles. The van der Waals surface area contributed by atoms with Crippen molar-refractivity contribution in [3.8, 4) is 17.2 Å². The third kappa shape index (κ3) is 5.16. The van der Waals surface area contributed by atoms with Crippen molar-refractivity contribution >= 4 is 22.9 Å². The molecule has 0 aliphatic heterocycles. The molecule has 8 nitrogen and oxygen atoms in total. The van der Waals surface area contributed by atoms with Crippen molar-refractivity contribution in [3.63, 3.8) is 0 Å². The summed E-state index contributed by atoms with van der Waals surface area (Å²) in [6.07, 6.45) is 0.762. The fourth-order valence-corrected chi connectivity index (χ4v) is 2.68. The molecule has 2 N–H and O–H groups in total. The van der Waals surface area contributed by atoms with E-state index < -0.39 is 11.9 Å². The van der Waals surface area contributed by atoms with Crippen LogP contribution in [0, 0.1) is 6.92 Å². The highest BCUT2D eigenvalue weighted by Crippen LogP contribution is 2.27. The zero-order chi connectivity index (χ0) is 21.5. The van der Waals surface area contributed by atoms with Gasteiger partial charge in [-0.15, -0.1) is 0 Å². The Kier molecular flexibility index (Phi) is 6.69. The number of ether oxygens (including phenoxy) is 2. The van der Waals surface area contributed by atoms with Crippen LogP contribution in [0.25, 0.3) is 11.0 Å². The molecule has 8 heteroatoms. The van der Waals surface area contributed by atoms with E-state index in [-0.39, 0.29) is 17.8 Å². The van der Waals surface area contributed by atoms with Crippen LogP contribution in [0.3, 0.4) is 0 Å². The summed E-state index contributed by atoms with van der Waals surface area (Å²) in [6, 6.07) is 13.0. The van der Waals surface area contributed by atoms with Gasteiger partial charge in [-0.2, -0.15) is 0 Å². The number of urea groups is 1. The molecule has 3 rings (SSSR count). The SMILES string of the molecule is CCCNC(=O)NC(=O)COc1ccc2c(=O)c(Oc3ccccc3)c(C)oc2c1. The van der Waals surface area contributed by atoms with E-state index in [0.717, 1.165) is 6.42 Å². The molecule has 0 spiro atoms. The molecule has 3 amide bonds. The van der Waals surface area contributed by atoms with Crippen molar-refractivity contribution in [2.75, 3.05) is 13.2 Å². The van der Waals surface area contributed by atoms with Gasteiger partial charge < -0.3 is 19.2 Å². The maximum Gasteiger partial charge on any atom is 0.321 e. The molecule has 0 atom stereocenters. The maximum atomic E-state index is 12.8. The average Bonchev–Trinajstić information content (AvgIpc) is 2.74. The van der Waals surface area contributed by atoms with Gasteiger partial charge in [0.25, 0.3) is 5.91 Å². The molecule has 30 heavy (non-hydrogen) atoms. The summed E-state index contributed by atoms with van der Waals surface area (Å²) >= 11 is 0. The fraction of sp³-hybridized carbons (Fsp3) is 0.227. The highest BCUT2D eigenvalue weighted by molar-refractivity contribution is 5.95. The van der Waals surface area contributed by atoms with E-state index in [1.54, 1.807) is 43.3 Å². The fourth-order valence-electron chi connectivity index (χ4n) is 2.68. The van der Waals surface area contributed by atoms with Crippen LogP contribution in [0.15, 0.2) is 57.7 Å². The zero-order valence-electron chi connectivity index (χ0n) is 16.7. The molecule has 0 saturated carbocycles. The monoisotopic (exact) mass is 410 g/mol. The first-order valence-corrected chi connectivity index (χ1v) is 9.48. The van der Waals surface area contributed by atoms with Crippen LogP contribution in [-0.4, -0.2) is 25.1 Å². The third-order valence-electron chi connectivity index (χ3n) is 4.11. The summed E-state index contributed by atoms with van der Waals surface area (Å²) < 4.78 is 16.8. The van der Waals surface area contributed by atoms with E-state index in [0.29, 0.717) is 34.8 Å². The molecule has 0 bridgehead atoms. The Morgan fingerprint density at radius 3 is 2.57 bits per heavy atom. The lowest BCUT2D eigenvalue weighted by Gasteiger charge is -2.10. The summed E-state index contributed by atoms with van der Waals surface area (Å²) in [5.74, 6) is 0.693. The summed E-state index contributed by atoms with van der Waals surface area (Å²) in [6.45, 7) is 3.65. The predicted octanol–water partition coefficient (Wildman–Crippen LogP) is 3.51. The summed E-state index contributed by atoms with van der Waals surface area (Å²) in [5.41, 5.74) is -0.00833. The Morgan fingerprint density at radius 2 is 1.83 bits per heavy atom. The highest BCUT2D eigenvalue weighted by atomic mass is 16.5. The van der Waals surface area contributed by atoms with Crippen LogP contribution in [0.1, 0.15) is 19.1 Å². The molecular formula is C22H22N2O6. The van der Waals surface area contributed by atoms with Crippen LogP contribution < -0.4 is 25.5 Å². The van der Waals surface area contributed by atoms with E-state index >= 15 is 0 Å². The number of hydrogen-bond acceptors (Lipinski definition) is 6. The number of benzene rings is 2. The van der Waals surface area contributed by atoms with Gasteiger partial charge in [0.05, 0.1) is 5.39 Å². The van der Waals surface area contributed by atoms with Crippen molar-refractivity contribution in [2.24, 2.45) is 0 Å². The number of hydrogen-bond donors (Lipinski definition) is 2. The van der Waals surface area contributed by atoms with Crippen molar-refractivity contribution < 1.29 is 23.5 Å². The van der Waals surface area contributed by atoms with Crippen LogP contribution >= 0.6 is 0 Å². The lowest BCUT2D eigenvalue weighted by atomic mass is 10.2. The zero-order valence-corrected chi connectivity index (χ0v) is 16.7. The van der Waals surface area contributed by atoms with Crippen molar-refractivity contribution in [1.82, 2.24) is 10.6 Å². The first-order chi connectivity index (χ1) is 14.5. The second-order valence-corrected chi connectivity index (χ2v) is 6.48. The molecular weight excluding hydrogens is 388 g/mol. The molecule has 156 valence electrons. The Labute approximate surface area is 172 Å². The van der Waals surface area contributed by atoms with E-state index in [9.17, 15) is 14.4 Å². The second kappa shape index (κ2) is 9.60. The quantitative estimate of drug-likeness (QED) is 0.617. The molecule has 1 heterocycles. The minimum atomic E-state index is -0.590. The first kappa shape index (κ1) is 20.9. The van der Waals surface area contributed by atoms with Gasteiger partial charge in [0.2, 0.25) is 11.2 Å². The van der Waals surface area contributed by atoms with Crippen molar-refractivity contribution in [1.29, 1.82) is 0 Å². The number of aryl methyl sites for hydroxylation is 1. The van der Waals surface area contributed by atoms with Gasteiger partial charge >= 0.3 is 6.03 Å². The lowest BCUT2D eigenvalue weighted by molar-refractivity contribution is -0.122. The van der Waals surface area contributed by atoms with Gasteiger partial charge in [0, 0.05) is 12.6 Å². The van der Waals surface area contributed by atoms with Crippen molar-refractivity contribution in [3.05, 3.63) is 64.5 Å². The van der Waals surface area contributed by atoms with Crippen LogP contribution in [0.2, 0.25) is 0 Å². The lowest BCUT2D eigenvalue weighted by Crippen LogP contribution is -2.41. The van der Waals surface area contributed by atoms with Crippen LogP contribution in [-0.2, 0) is 4.79 Å². The molecule has 0 unspecified atom stereocenters. The number of amides is 3. The number of imide groups is 1. The standard InChI is InChI=1S/C22H22N2O6/c1-3-11-23-22(27)24-19(25)13-28-16-9-10-17-18(12-16)29-14(2)21(20(17)26)30-15-7-5-4-6-8-15/h4-10,12H,3,11,13H2,1-2H3,(H2,23,24,25,27). The van der Waals surface area contributed by atoms with Crippen molar-refractivity contribution in [2.45, 2.75) is 20.3 Å². The Bertz CT molecular complexity index is 1110. The second-order valence-electron chi connectivity index (χ2n) is 6.48. The molecule has 0 aliphatic carbocycles. The number of fused-ring (bicyclic) bond motifs is 1. The summed E-state index contributed by atoms with van der Waals surface area (Å²) in [4.78, 5) is 36.1. The molecule has 1 aromatic heterocycles. The van der Waals surface area contributed by atoms with Gasteiger partial charge in [-0.1, -0.05) is 25.1 Å². The molecule has 0 saturated heterocycles. The number of carbonyl (C=O) groups excluding carboxylic acids is 2. The summed E-state index contributed by atoms with van der Waals surface area (Å²) in [7, 11) is 0. The molecule has 0 aliphatic rings. The van der Waals surface area contributed by atoms with E-state index in [4.69, 9.17) is 13.9 Å². The molecule has 3 aromatic rings.